The topological polar surface area (TPSA) is 63.4 Å². The summed E-state index contributed by atoms with van der Waals surface area (Å²) >= 11 is 5.96. The number of amides is 2. The van der Waals surface area contributed by atoms with Crippen molar-refractivity contribution in [3.8, 4) is 0 Å². The molecule has 16 heavy (non-hydrogen) atoms. The normalized spacial score (nSPS) is 20.6. The van der Waals surface area contributed by atoms with E-state index in [2.05, 4.69) is 0 Å². The zero-order valence-corrected chi connectivity index (χ0v) is 9.49. The van der Waals surface area contributed by atoms with E-state index < -0.39 is 0 Å². The van der Waals surface area contributed by atoms with Crippen molar-refractivity contribution in [3.63, 3.8) is 0 Å². The zero-order valence-electron chi connectivity index (χ0n) is 8.74. The van der Waals surface area contributed by atoms with E-state index in [-0.39, 0.29) is 24.2 Å². The molecular weight excluding hydrogens is 228 g/mol. The van der Waals surface area contributed by atoms with Gasteiger partial charge in [-0.05, 0) is 18.2 Å². The van der Waals surface area contributed by atoms with Gasteiger partial charge < -0.3 is 5.73 Å². The zero-order chi connectivity index (χ0) is 11.9. The van der Waals surface area contributed by atoms with Crippen molar-refractivity contribution in [2.45, 2.75) is 13.3 Å². The molecule has 2 amide bonds. The summed E-state index contributed by atoms with van der Waals surface area (Å²) in [6.45, 7) is 1.73. The lowest BCUT2D eigenvalue weighted by Gasteiger charge is -2.16. The van der Waals surface area contributed by atoms with Crippen LogP contribution in [0.5, 0.6) is 0 Å². The third-order valence-corrected chi connectivity index (χ3v) is 2.89. The molecule has 0 radical (unpaired) electrons. The first-order valence-electron chi connectivity index (χ1n) is 4.92. The Kier molecular flexibility index (Phi) is 2.59. The van der Waals surface area contributed by atoms with E-state index in [0.29, 0.717) is 16.4 Å². The summed E-state index contributed by atoms with van der Waals surface area (Å²) in [5.41, 5.74) is 6.46. The number of halogens is 1. The quantitative estimate of drug-likeness (QED) is 0.600. The molecular formula is C11H11ClN2O2. The van der Waals surface area contributed by atoms with E-state index in [4.69, 9.17) is 17.3 Å². The fourth-order valence-corrected chi connectivity index (χ4v) is 2.01. The van der Waals surface area contributed by atoms with Crippen LogP contribution in [0.3, 0.4) is 0 Å². The van der Waals surface area contributed by atoms with Gasteiger partial charge in [-0.2, -0.15) is 0 Å². The minimum atomic E-state index is -0.277. The highest BCUT2D eigenvalue weighted by Crippen LogP contribution is 2.33. The lowest BCUT2D eigenvalue weighted by atomic mass is 10.1. The smallest absolute Gasteiger partial charge is 0.237 e. The number of hydrogen-bond acceptors (Lipinski definition) is 3. The molecule has 1 aliphatic rings. The summed E-state index contributed by atoms with van der Waals surface area (Å²) in [6, 6.07) is 4.73. The van der Waals surface area contributed by atoms with Crippen molar-refractivity contribution in [1.82, 2.24) is 0 Å². The largest absolute Gasteiger partial charge is 0.399 e. The van der Waals surface area contributed by atoms with Gasteiger partial charge >= 0.3 is 0 Å². The second-order valence-corrected chi connectivity index (χ2v) is 4.29. The number of carbonyl (C=O) groups is 2. The summed E-state index contributed by atoms with van der Waals surface area (Å²) in [5.74, 6) is -0.707. The molecule has 0 aliphatic carbocycles. The Morgan fingerprint density at radius 3 is 2.62 bits per heavy atom. The number of anilines is 2. The number of nitrogen functional groups attached to an aromatic ring is 1. The molecule has 0 aromatic heterocycles. The van der Waals surface area contributed by atoms with Gasteiger partial charge in [0.1, 0.15) is 0 Å². The van der Waals surface area contributed by atoms with E-state index >= 15 is 0 Å². The molecule has 1 heterocycles. The molecule has 1 aliphatic heterocycles. The van der Waals surface area contributed by atoms with Crippen molar-refractivity contribution >= 4 is 34.8 Å². The van der Waals surface area contributed by atoms with Gasteiger partial charge in [-0.1, -0.05) is 18.5 Å². The van der Waals surface area contributed by atoms with Gasteiger partial charge in [0, 0.05) is 18.0 Å². The van der Waals surface area contributed by atoms with Crippen LogP contribution in [-0.4, -0.2) is 11.8 Å². The average Bonchev–Trinajstić information content (AvgIpc) is 2.43. The molecule has 2 rings (SSSR count). The van der Waals surface area contributed by atoms with E-state index in [1.807, 2.05) is 0 Å². The van der Waals surface area contributed by atoms with Crippen molar-refractivity contribution in [2.75, 3.05) is 10.6 Å². The molecule has 1 atom stereocenters. The van der Waals surface area contributed by atoms with Crippen LogP contribution in [0.4, 0.5) is 11.4 Å². The Morgan fingerprint density at radius 1 is 1.44 bits per heavy atom. The number of carbonyl (C=O) groups excluding carboxylic acids is 2. The van der Waals surface area contributed by atoms with Crippen LogP contribution in [0.1, 0.15) is 13.3 Å². The van der Waals surface area contributed by atoms with Crippen LogP contribution in [0.2, 0.25) is 5.02 Å². The van der Waals surface area contributed by atoms with Crippen molar-refractivity contribution in [2.24, 2.45) is 5.92 Å². The molecule has 84 valence electrons. The average molecular weight is 239 g/mol. The minimum absolute atomic E-state index is 0.211. The SMILES string of the molecule is CC1CC(=O)N(c2ccc(N)cc2Cl)C1=O. The van der Waals surface area contributed by atoms with Crippen molar-refractivity contribution in [3.05, 3.63) is 23.2 Å². The fraction of sp³-hybridized carbons (Fsp3) is 0.273. The lowest BCUT2D eigenvalue weighted by Crippen LogP contribution is -2.30. The number of benzene rings is 1. The molecule has 1 aromatic carbocycles. The predicted molar refractivity (Wildman–Crippen MR) is 62.1 cm³/mol. The Bertz CT molecular complexity index is 473. The first-order valence-corrected chi connectivity index (χ1v) is 5.30. The first kappa shape index (κ1) is 11.0. The van der Waals surface area contributed by atoms with Gasteiger partial charge in [0.15, 0.2) is 0 Å². The van der Waals surface area contributed by atoms with Crippen LogP contribution >= 0.6 is 11.6 Å². The van der Waals surface area contributed by atoms with Crippen LogP contribution in [0, 0.1) is 5.92 Å². The number of hydrogen-bond donors (Lipinski definition) is 1. The van der Waals surface area contributed by atoms with E-state index in [1.54, 1.807) is 19.1 Å². The van der Waals surface area contributed by atoms with Crippen LogP contribution in [-0.2, 0) is 9.59 Å². The number of nitrogens with zero attached hydrogens (tertiary/aromatic N) is 1. The third-order valence-electron chi connectivity index (χ3n) is 2.58. The predicted octanol–water partition coefficient (Wildman–Crippen LogP) is 1.82. The maximum Gasteiger partial charge on any atom is 0.237 e. The number of nitrogens with two attached hydrogens (primary N) is 1. The van der Waals surface area contributed by atoms with Gasteiger partial charge in [-0.15, -0.1) is 0 Å². The molecule has 5 heteroatoms. The van der Waals surface area contributed by atoms with Gasteiger partial charge in [0.2, 0.25) is 11.8 Å². The Hall–Kier alpha value is -1.55. The van der Waals surface area contributed by atoms with Gasteiger partial charge in [-0.25, -0.2) is 4.90 Å². The van der Waals surface area contributed by atoms with E-state index in [0.717, 1.165) is 4.90 Å². The van der Waals surface area contributed by atoms with Crippen molar-refractivity contribution < 1.29 is 9.59 Å². The van der Waals surface area contributed by atoms with Crippen molar-refractivity contribution in [1.29, 1.82) is 0 Å². The maximum absolute atomic E-state index is 11.8. The highest BCUT2D eigenvalue weighted by molar-refractivity contribution is 6.36. The summed E-state index contributed by atoms with van der Waals surface area (Å²) < 4.78 is 0. The summed E-state index contributed by atoms with van der Waals surface area (Å²) in [5, 5.41) is 0.316. The second kappa shape index (κ2) is 3.79. The second-order valence-electron chi connectivity index (χ2n) is 3.88. The minimum Gasteiger partial charge on any atom is -0.399 e. The Balaban J connectivity index is 2.45. The van der Waals surface area contributed by atoms with Crippen LogP contribution in [0.25, 0.3) is 0 Å². The highest BCUT2D eigenvalue weighted by Gasteiger charge is 2.37. The van der Waals surface area contributed by atoms with Gasteiger partial charge in [0.05, 0.1) is 10.7 Å². The first-order chi connectivity index (χ1) is 7.50. The van der Waals surface area contributed by atoms with E-state index in [9.17, 15) is 9.59 Å². The monoisotopic (exact) mass is 238 g/mol. The molecule has 1 aromatic rings. The summed E-state index contributed by atoms with van der Waals surface area (Å²) in [6.07, 6.45) is 0.236. The lowest BCUT2D eigenvalue weighted by molar-refractivity contribution is -0.122. The van der Waals surface area contributed by atoms with Crippen LogP contribution in [0.15, 0.2) is 18.2 Å². The fourth-order valence-electron chi connectivity index (χ4n) is 1.74. The van der Waals surface area contributed by atoms with E-state index in [1.165, 1.54) is 6.07 Å². The summed E-state index contributed by atoms with van der Waals surface area (Å²) in [4.78, 5) is 24.5. The molecule has 1 unspecified atom stereocenters. The Morgan fingerprint density at radius 2 is 2.12 bits per heavy atom. The standard InChI is InChI=1S/C11H11ClN2O2/c1-6-4-10(15)14(11(6)16)9-3-2-7(13)5-8(9)12/h2-3,5-6H,4,13H2,1H3. The van der Waals surface area contributed by atoms with Crippen LogP contribution < -0.4 is 10.6 Å². The van der Waals surface area contributed by atoms with Gasteiger partial charge in [0.25, 0.3) is 0 Å². The highest BCUT2D eigenvalue weighted by atomic mass is 35.5. The molecule has 1 saturated heterocycles. The van der Waals surface area contributed by atoms with Gasteiger partial charge in [-0.3, -0.25) is 9.59 Å². The molecule has 1 fully saturated rings. The molecule has 0 saturated carbocycles. The third kappa shape index (κ3) is 1.65. The molecule has 2 N–H and O–H groups in total. The molecule has 0 bridgehead atoms. The number of rotatable bonds is 1. The molecule has 0 spiro atoms. The number of imide groups is 1. The molecule has 4 nitrogen and oxygen atoms in total. The summed E-state index contributed by atoms with van der Waals surface area (Å²) in [7, 11) is 0. The maximum atomic E-state index is 11.8. The Labute approximate surface area is 98.0 Å².